The number of benzene rings is 1. The van der Waals surface area contributed by atoms with Crippen LogP contribution in [-0.2, 0) is 14.8 Å². The summed E-state index contributed by atoms with van der Waals surface area (Å²) in [5, 5.41) is 0. The van der Waals surface area contributed by atoms with E-state index in [-0.39, 0.29) is 6.54 Å². The maximum atomic E-state index is 12.1. The molecule has 5 nitrogen and oxygen atoms in total. The van der Waals surface area contributed by atoms with Crippen molar-refractivity contribution in [1.82, 2.24) is 4.31 Å². The van der Waals surface area contributed by atoms with Gasteiger partial charge in [-0.25, -0.2) is 12.7 Å². The van der Waals surface area contributed by atoms with Gasteiger partial charge >= 0.3 is 0 Å². The predicted octanol–water partition coefficient (Wildman–Crippen LogP) is 0.637. The fraction of sp³-hybridized carbons (Fsp3) is 0.417. The Labute approximate surface area is 107 Å². The van der Waals surface area contributed by atoms with Crippen molar-refractivity contribution in [3.8, 4) is 0 Å². The Morgan fingerprint density at radius 3 is 2.28 bits per heavy atom. The van der Waals surface area contributed by atoms with Gasteiger partial charge < -0.3 is 5.73 Å². The summed E-state index contributed by atoms with van der Waals surface area (Å²) >= 11 is 0. The maximum absolute atomic E-state index is 12.1. The first-order valence-electron chi connectivity index (χ1n) is 5.67. The number of hydrogen-bond acceptors (Lipinski definition) is 4. The van der Waals surface area contributed by atoms with Crippen LogP contribution in [0.4, 0.5) is 0 Å². The largest absolute Gasteiger partial charge is 0.328 e. The molecule has 1 aromatic rings. The van der Waals surface area contributed by atoms with Gasteiger partial charge in [-0.1, -0.05) is 30.3 Å². The summed E-state index contributed by atoms with van der Waals surface area (Å²) in [6, 6.07) is 8.34. The average Bonchev–Trinajstić information content (AvgIpc) is 2.35. The first-order valence-corrected chi connectivity index (χ1v) is 7.11. The van der Waals surface area contributed by atoms with E-state index in [4.69, 9.17) is 5.73 Å². The normalized spacial score (nSPS) is 22.4. The highest BCUT2D eigenvalue weighted by Crippen LogP contribution is 2.40. The molecule has 1 saturated heterocycles. The molecule has 0 aromatic heterocycles. The second kappa shape index (κ2) is 4.07. The molecule has 1 heterocycles. The molecule has 0 radical (unpaired) electrons. The van der Waals surface area contributed by atoms with Gasteiger partial charge in [-0.3, -0.25) is 4.79 Å². The predicted molar refractivity (Wildman–Crippen MR) is 68.1 cm³/mol. The van der Waals surface area contributed by atoms with Crippen molar-refractivity contribution < 1.29 is 13.2 Å². The highest BCUT2D eigenvalue weighted by atomic mass is 32.2. The van der Waals surface area contributed by atoms with Gasteiger partial charge in [-0.15, -0.1) is 0 Å². The minimum atomic E-state index is -3.61. The molecule has 98 valence electrons. The Morgan fingerprint density at radius 1 is 1.28 bits per heavy atom. The first kappa shape index (κ1) is 13.0. The summed E-state index contributed by atoms with van der Waals surface area (Å²) in [6.07, 6.45) is 0. The molecule has 1 atom stereocenters. The molecule has 18 heavy (non-hydrogen) atoms. The minimum Gasteiger partial charge on any atom is -0.328 e. The van der Waals surface area contributed by atoms with Gasteiger partial charge in [0.15, 0.2) is 4.75 Å². The lowest BCUT2D eigenvalue weighted by Crippen LogP contribution is -2.68. The van der Waals surface area contributed by atoms with Crippen molar-refractivity contribution in [1.29, 1.82) is 0 Å². The number of hydrogen-bond donors (Lipinski definition) is 1. The van der Waals surface area contributed by atoms with Gasteiger partial charge in [0.05, 0.1) is 6.04 Å². The van der Waals surface area contributed by atoms with Gasteiger partial charge in [-0.05, 0) is 19.4 Å². The lowest BCUT2D eigenvalue weighted by molar-refractivity contribution is -0.134. The smallest absolute Gasteiger partial charge is 0.259 e. The van der Waals surface area contributed by atoms with E-state index in [1.54, 1.807) is 24.3 Å². The third-order valence-corrected chi connectivity index (χ3v) is 5.71. The summed E-state index contributed by atoms with van der Waals surface area (Å²) in [6.45, 7) is 2.91. The summed E-state index contributed by atoms with van der Waals surface area (Å²) in [5.74, 6) is -0.401. The fourth-order valence-electron chi connectivity index (χ4n) is 2.04. The molecular weight excluding hydrogens is 252 g/mol. The quantitative estimate of drug-likeness (QED) is 0.872. The Morgan fingerprint density at radius 2 is 1.83 bits per heavy atom. The molecular formula is C12H16N2O3S. The monoisotopic (exact) mass is 268 g/mol. The number of amides is 1. The Kier molecular flexibility index (Phi) is 2.95. The molecule has 0 spiro atoms. The van der Waals surface area contributed by atoms with Gasteiger partial charge in [0, 0.05) is 6.54 Å². The molecule has 1 aromatic carbocycles. The Bertz CT molecular complexity index is 566. The molecule has 0 bridgehead atoms. The van der Waals surface area contributed by atoms with E-state index in [0.29, 0.717) is 0 Å². The highest BCUT2D eigenvalue weighted by molar-refractivity contribution is 7.94. The van der Waals surface area contributed by atoms with Gasteiger partial charge in [-0.2, -0.15) is 0 Å². The van der Waals surface area contributed by atoms with Crippen LogP contribution in [0.1, 0.15) is 25.5 Å². The van der Waals surface area contributed by atoms with Crippen LogP contribution >= 0.6 is 0 Å². The summed E-state index contributed by atoms with van der Waals surface area (Å²) < 4.78 is 23.8. The number of carbonyl (C=O) groups excluding carboxylic acids is 1. The summed E-state index contributed by atoms with van der Waals surface area (Å²) in [5.41, 5.74) is 6.36. The standard InChI is InChI=1S/C12H16N2O3S/c1-12(2)11(15)14(18(12,16)17)10(8-13)9-6-4-3-5-7-9/h3-7,10H,8,13H2,1-2H3. The lowest BCUT2D eigenvalue weighted by atomic mass is 10.1. The van der Waals surface area contributed by atoms with Crippen LogP contribution in [-0.4, -0.2) is 29.9 Å². The van der Waals surface area contributed by atoms with Crippen molar-refractivity contribution in [2.75, 3.05) is 6.54 Å². The molecule has 0 aliphatic carbocycles. The molecule has 0 saturated carbocycles. The summed E-state index contributed by atoms with van der Waals surface area (Å²) in [7, 11) is -3.61. The minimum absolute atomic E-state index is 0.0745. The van der Waals surface area contributed by atoms with Crippen molar-refractivity contribution >= 4 is 15.9 Å². The van der Waals surface area contributed by atoms with Gasteiger partial charge in [0.25, 0.3) is 15.9 Å². The van der Waals surface area contributed by atoms with Crippen LogP contribution in [0.2, 0.25) is 0 Å². The zero-order valence-electron chi connectivity index (χ0n) is 10.3. The van der Waals surface area contributed by atoms with Crippen molar-refractivity contribution in [2.24, 2.45) is 5.73 Å². The van der Waals surface area contributed by atoms with E-state index >= 15 is 0 Å². The highest BCUT2D eigenvalue weighted by Gasteiger charge is 2.62. The second-order valence-corrected chi connectivity index (χ2v) is 7.14. The number of nitrogens with two attached hydrogens (primary N) is 1. The Hall–Kier alpha value is -1.40. The molecule has 2 rings (SSSR count). The second-order valence-electron chi connectivity index (χ2n) is 4.78. The lowest BCUT2D eigenvalue weighted by Gasteiger charge is -2.46. The van der Waals surface area contributed by atoms with Crippen LogP contribution in [0.25, 0.3) is 0 Å². The van der Waals surface area contributed by atoms with Crippen molar-refractivity contribution in [3.05, 3.63) is 35.9 Å². The number of nitrogens with zero attached hydrogens (tertiary/aromatic N) is 1. The van der Waals surface area contributed by atoms with Gasteiger partial charge in [0.2, 0.25) is 0 Å². The number of rotatable bonds is 3. The van der Waals surface area contributed by atoms with Crippen LogP contribution < -0.4 is 5.73 Å². The first-order chi connectivity index (χ1) is 8.34. The third kappa shape index (κ3) is 1.56. The molecule has 1 aliphatic rings. The van der Waals surface area contributed by atoms with E-state index in [0.717, 1.165) is 9.87 Å². The molecule has 1 aliphatic heterocycles. The molecule has 1 amide bonds. The van der Waals surface area contributed by atoms with Crippen LogP contribution in [0.5, 0.6) is 0 Å². The topological polar surface area (TPSA) is 80.5 Å². The number of carbonyl (C=O) groups is 1. The molecule has 6 heteroatoms. The SMILES string of the molecule is CC1(C)C(=O)N(C(CN)c2ccccc2)S1(=O)=O. The summed E-state index contributed by atoms with van der Waals surface area (Å²) in [4.78, 5) is 12.0. The van der Waals surface area contributed by atoms with Gasteiger partial charge in [0.1, 0.15) is 0 Å². The Balaban J connectivity index is 2.41. The van der Waals surface area contributed by atoms with E-state index in [9.17, 15) is 13.2 Å². The van der Waals surface area contributed by atoms with E-state index in [1.807, 2.05) is 6.07 Å². The number of sulfonamides is 1. The fourth-order valence-corrected chi connectivity index (χ4v) is 3.71. The van der Waals surface area contributed by atoms with E-state index in [2.05, 4.69) is 0 Å². The van der Waals surface area contributed by atoms with E-state index in [1.165, 1.54) is 13.8 Å². The molecule has 2 N–H and O–H groups in total. The molecule has 1 fully saturated rings. The van der Waals surface area contributed by atoms with Crippen LogP contribution in [0.3, 0.4) is 0 Å². The van der Waals surface area contributed by atoms with E-state index < -0.39 is 26.7 Å². The zero-order chi connectivity index (χ0) is 13.6. The third-order valence-electron chi connectivity index (χ3n) is 3.31. The molecule has 1 unspecified atom stereocenters. The average molecular weight is 268 g/mol. The van der Waals surface area contributed by atoms with Crippen molar-refractivity contribution in [2.45, 2.75) is 24.6 Å². The van der Waals surface area contributed by atoms with Crippen molar-refractivity contribution in [3.63, 3.8) is 0 Å². The van der Waals surface area contributed by atoms with Crippen LogP contribution in [0.15, 0.2) is 30.3 Å². The zero-order valence-corrected chi connectivity index (χ0v) is 11.1. The maximum Gasteiger partial charge on any atom is 0.259 e. The van der Waals surface area contributed by atoms with Crippen LogP contribution in [0, 0.1) is 0 Å².